The van der Waals surface area contributed by atoms with Gasteiger partial charge in [-0.2, -0.15) is 0 Å². The standard InChI is InChI=1S/C24H26N4O2S2/c1-18-16-31-24(25-18)32-17-19-7-5-6-10-21(19)23(30)28-13-11-27(12-14-28)15-22(29)26-20-8-3-2-4-9-20/h2-10,16H,11-15,17H2,1H3,(H,26,29). The Morgan fingerprint density at radius 1 is 1.03 bits per heavy atom. The van der Waals surface area contributed by atoms with Crippen molar-refractivity contribution in [1.82, 2.24) is 14.8 Å². The Hall–Kier alpha value is -2.68. The van der Waals surface area contributed by atoms with E-state index in [2.05, 4.69) is 15.2 Å². The number of benzene rings is 2. The number of thioether (sulfide) groups is 1. The van der Waals surface area contributed by atoms with E-state index in [0.29, 0.717) is 38.5 Å². The lowest BCUT2D eigenvalue weighted by Crippen LogP contribution is -2.50. The number of carbonyl (C=O) groups is 2. The van der Waals surface area contributed by atoms with Gasteiger partial charge in [0.15, 0.2) is 0 Å². The predicted octanol–water partition coefficient (Wildman–Crippen LogP) is 4.14. The van der Waals surface area contributed by atoms with Crippen LogP contribution in [0.3, 0.4) is 0 Å². The maximum atomic E-state index is 13.2. The van der Waals surface area contributed by atoms with E-state index in [1.807, 2.05) is 71.8 Å². The number of aromatic nitrogens is 1. The van der Waals surface area contributed by atoms with Gasteiger partial charge in [0.1, 0.15) is 4.34 Å². The molecule has 8 heteroatoms. The molecule has 6 nitrogen and oxygen atoms in total. The second kappa shape index (κ2) is 10.8. The summed E-state index contributed by atoms with van der Waals surface area (Å²) in [4.78, 5) is 34.0. The number of rotatable bonds is 7. The summed E-state index contributed by atoms with van der Waals surface area (Å²) in [6, 6.07) is 17.3. The largest absolute Gasteiger partial charge is 0.336 e. The number of hydrogen-bond donors (Lipinski definition) is 1. The lowest BCUT2D eigenvalue weighted by Gasteiger charge is -2.34. The summed E-state index contributed by atoms with van der Waals surface area (Å²) in [5, 5.41) is 4.96. The molecule has 0 spiro atoms. The number of nitrogens with zero attached hydrogens (tertiary/aromatic N) is 3. The first-order valence-electron chi connectivity index (χ1n) is 10.6. The Morgan fingerprint density at radius 3 is 2.47 bits per heavy atom. The van der Waals surface area contributed by atoms with Crippen molar-refractivity contribution in [2.45, 2.75) is 17.0 Å². The van der Waals surface area contributed by atoms with Crippen LogP contribution >= 0.6 is 23.1 Å². The third-order valence-corrected chi connectivity index (χ3v) is 7.47. The maximum Gasteiger partial charge on any atom is 0.254 e. The minimum absolute atomic E-state index is 0.0317. The molecule has 1 aliphatic heterocycles. The SMILES string of the molecule is Cc1csc(SCc2ccccc2C(=O)N2CCN(CC(=O)Nc3ccccc3)CC2)n1. The first-order valence-corrected chi connectivity index (χ1v) is 12.4. The summed E-state index contributed by atoms with van der Waals surface area (Å²) < 4.78 is 1.02. The zero-order valence-electron chi connectivity index (χ0n) is 18.0. The molecule has 0 atom stereocenters. The molecule has 2 aromatic carbocycles. The van der Waals surface area contributed by atoms with E-state index in [0.717, 1.165) is 26.8 Å². The van der Waals surface area contributed by atoms with Crippen LogP contribution in [-0.4, -0.2) is 59.3 Å². The van der Waals surface area contributed by atoms with E-state index < -0.39 is 0 Å². The summed E-state index contributed by atoms with van der Waals surface area (Å²) in [5.41, 5.74) is 3.61. The molecule has 0 aliphatic carbocycles. The van der Waals surface area contributed by atoms with Gasteiger partial charge in [-0.3, -0.25) is 14.5 Å². The highest BCUT2D eigenvalue weighted by atomic mass is 32.2. The molecule has 4 rings (SSSR count). The number of piperazine rings is 1. The van der Waals surface area contributed by atoms with E-state index >= 15 is 0 Å². The van der Waals surface area contributed by atoms with Gasteiger partial charge < -0.3 is 10.2 Å². The van der Waals surface area contributed by atoms with Crippen LogP contribution in [0.2, 0.25) is 0 Å². The number of carbonyl (C=O) groups excluding carboxylic acids is 2. The van der Waals surface area contributed by atoms with Crippen LogP contribution in [0.15, 0.2) is 64.3 Å². The zero-order valence-corrected chi connectivity index (χ0v) is 19.6. The quantitative estimate of drug-likeness (QED) is 0.530. The van der Waals surface area contributed by atoms with Crippen molar-refractivity contribution in [1.29, 1.82) is 0 Å². The lowest BCUT2D eigenvalue weighted by molar-refractivity contribution is -0.117. The number of hydrogen-bond acceptors (Lipinski definition) is 6. The number of para-hydroxylation sites is 1. The number of nitrogens with one attached hydrogen (secondary N) is 1. The Bertz CT molecular complexity index is 1060. The second-order valence-electron chi connectivity index (χ2n) is 7.68. The monoisotopic (exact) mass is 466 g/mol. The van der Waals surface area contributed by atoms with Crippen LogP contribution in [0.1, 0.15) is 21.6 Å². The van der Waals surface area contributed by atoms with Gasteiger partial charge in [-0.1, -0.05) is 48.2 Å². The summed E-state index contributed by atoms with van der Waals surface area (Å²) in [7, 11) is 0. The van der Waals surface area contributed by atoms with E-state index in [1.165, 1.54) is 0 Å². The van der Waals surface area contributed by atoms with Crippen molar-refractivity contribution in [3.8, 4) is 0 Å². The van der Waals surface area contributed by atoms with E-state index in [-0.39, 0.29) is 11.8 Å². The molecule has 0 radical (unpaired) electrons. The van der Waals surface area contributed by atoms with Gasteiger partial charge in [0, 0.05) is 54.3 Å². The second-order valence-corrected chi connectivity index (χ2v) is 9.76. The summed E-state index contributed by atoms with van der Waals surface area (Å²) in [6.07, 6.45) is 0. The van der Waals surface area contributed by atoms with Crippen LogP contribution < -0.4 is 5.32 Å². The van der Waals surface area contributed by atoms with Crippen molar-refractivity contribution in [2.24, 2.45) is 0 Å². The van der Waals surface area contributed by atoms with Crippen molar-refractivity contribution in [3.05, 3.63) is 76.8 Å². The van der Waals surface area contributed by atoms with Gasteiger partial charge in [-0.25, -0.2) is 4.98 Å². The average molecular weight is 467 g/mol. The van der Waals surface area contributed by atoms with Crippen molar-refractivity contribution < 1.29 is 9.59 Å². The lowest BCUT2D eigenvalue weighted by atomic mass is 10.1. The molecule has 0 unspecified atom stereocenters. The van der Waals surface area contributed by atoms with Crippen molar-refractivity contribution in [2.75, 3.05) is 38.0 Å². The zero-order chi connectivity index (χ0) is 22.3. The highest BCUT2D eigenvalue weighted by Crippen LogP contribution is 2.27. The molecule has 1 N–H and O–H groups in total. The third-order valence-electron chi connectivity index (χ3n) is 5.28. The first-order chi connectivity index (χ1) is 15.6. The summed E-state index contributed by atoms with van der Waals surface area (Å²) in [5.74, 6) is 0.745. The number of anilines is 1. The Balaban J connectivity index is 1.30. The molecular formula is C24H26N4O2S2. The van der Waals surface area contributed by atoms with Crippen LogP contribution in [0, 0.1) is 6.92 Å². The fraction of sp³-hybridized carbons (Fsp3) is 0.292. The molecule has 3 aromatic rings. The third kappa shape index (κ3) is 5.97. The number of amides is 2. The molecule has 166 valence electrons. The molecule has 1 aromatic heterocycles. The van der Waals surface area contributed by atoms with Crippen LogP contribution in [0.5, 0.6) is 0 Å². The van der Waals surface area contributed by atoms with Gasteiger partial charge in [0.05, 0.1) is 6.54 Å². The number of thiazole rings is 1. The van der Waals surface area contributed by atoms with Crippen LogP contribution in [0.25, 0.3) is 0 Å². The van der Waals surface area contributed by atoms with Gasteiger partial charge in [-0.05, 0) is 30.7 Å². The van der Waals surface area contributed by atoms with Crippen molar-refractivity contribution >= 4 is 40.6 Å². The molecule has 1 saturated heterocycles. The average Bonchev–Trinajstić information content (AvgIpc) is 3.23. The van der Waals surface area contributed by atoms with Gasteiger partial charge in [-0.15, -0.1) is 11.3 Å². The minimum Gasteiger partial charge on any atom is -0.336 e. The van der Waals surface area contributed by atoms with Gasteiger partial charge in [0.25, 0.3) is 5.91 Å². The molecule has 0 bridgehead atoms. The van der Waals surface area contributed by atoms with Crippen molar-refractivity contribution in [3.63, 3.8) is 0 Å². The predicted molar refractivity (Wildman–Crippen MR) is 130 cm³/mol. The summed E-state index contributed by atoms with van der Waals surface area (Å²) >= 11 is 3.30. The Labute approximate surface area is 196 Å². The topological polar surface area (TPSA) is 65.5 Å². The van der Waals surface area contributed by atoms with Gasteiger partial charge >= 0.3 is 0 Å². The van der Waals surface area contributed by atoms with E-state index in [9.17, 15) is 9.59 Å². The fourth-order valence-corrected chi connectivity index (χ4v) is 5.45. The van der Waals surface area contributed by atoms with Gasteiger partial charge in [0.2, 0.25) is 5.91 Å². The number of aryl methyl sites for hydroxylation is 1. The molecule has 0 saturated carbocycles. The first kappa shape index (κ1) is 22.5. The maximum absolute atomic E-state index is 13.2. The fourth-order valence-electron chi connectivity index (χ4n) is 3.60. The molecule has 1 aliphatic rings. The van der Waals surface area contributed by atoms with Crippen LogP contribution in [0.4, 0.5) is 5.69 Å². The molecule has 32 heavy (non-hydrogen) atoms. The van der Waals surface area contributed by atoms with E-state index in [1.54, 1.807) is 23.1 Å². The van der Waals surface area contributed by atoms with E-state index in [4.69, 9.17) is 0 Å². The molecule has 1 fully saturated rings. The molecular weight excluding hydrogens is 440 g/mol. The summed E-state index contributed by atoms with van der Waals surface area (Å²) in [6.45, 7) is 4.92. The molecule has 2 amide bonds. The smallest absolute Gasteiger partial charge is 0.254 e. The normalized spacial score (nSPS) is 14.3. The minimum atomic E-state index is -0.0317. The Morgan fingerprint density at radius 2 is 1.75 bits per heavy atom. The Kier molecular flexibility index (Phi) is 7.57. The molecule has 2 heterocycles. The highest BCUT2D eigenvalue weighted by Gasteiger charge is 2.24. The highest BCUT2D eigenvalue weighted by molar-refractivity contribution is 8.00. The van der Waals surface area contributed by atoms with Crippen LogP contribution in [-0.2, 0) is 10.5 Å².